The monoisotopic (exact) mass is 271 g/mol. The third-order valence-electron chi connectivity index (χ3n) is 2.77. The lowest BCUT2D eigenvalue weighted by Crippen LogP contribution is -2.34. The standard InChI is InChI=1S/C14H17N5O/c1-3-5-16-14(20)17-9-11-7-12(10-15-8-11)13-4-6-18-19(13)2/h3-4,6-8,10H,1,5,9H2,2H3,(H2,16,17,20). The predicted molar refractivity (Wildman–Crippen MR) is 76.9 cm³/mol. The van der Waals surface area contributed by atoms with Crippen molar-refractivity contribution in [3.05, 3.63) is 48.9 Å². The van der Waals surface area contributed by atoms with Gasteiger partial charge in [-0.05, 0) is 17.7 Å². The summed E-state index contributed by atoms with van der Waals surface area (Å²) in [6, 6.07) is 3.68. The summed E-state index contributed by atoms with van der Waals surface area (Å²) in [6.07, 6.45) is 6.87. The number of hydrogen-bond donors (Lipinski definition) is 2. The Balaban J connectivity index is 2.02. The molecule has 0 aliphatic carbocycles. The van der Waals surface area contributed by atoms with Gasteiger partial charge in [0.25, 0.3) is 0 Å². The topological polar surface area (TPSA) is 71.8 Å². The molecule has 6 nitrogen and oxygen atoms in total. The summed E-state index contributed by atoms with van der Waals surface area (Å²) in [7, 11) is 1.88. The SMILES string of the molecule is C=CCNC(=O)NCc1cncc(-c2ccnn2C)c1. The van der Waals surface area contributed by atoms with Gasteiger partial charge in [-0.15, -0.1) is 6.58 Å². The Morgan fingerprint density at radius 1 is 1.45 bits per heavy atom. The van der Waals surface area contributed by atoms with E-state index in [1.807, 2.05) is 19.2 Å². The molecule has 0 fully saturated rings. The van der Waals surface area contributed by atoms with Gasteiger partial charge in [0.05, 0.1) is 5.69 Å². The first-order valence-electron chi connectivity index (χ1n) is 6.25. The molecule has 0 saturated carbocycles. The number of hydrogen-bond acceptors (Lipinski definition) is 3. The summed E-state index contributed by atoms with van der Waals surface area (Å²) in [6.45, 7) is 4.40. The van der Waals surface area contributed by atoms with Crippen LogP contribution in [0.4, 0.5) is 4.79 Å². The highest BCUT2D eigenvalue weighted by Crippen LogP contribution is 2.17. The number of nitrogens with zero attached hydrogens (tertiary/aromatic N) is 3. The van der Waals surface area contributed by atoms with E-state index in [0.29, 0.717) is 13.1 Å². The number of carbonyl (C=O) groups excluding carboxylic acids is 1. The Kier molecular flexibility index (Phi) is 4.49. The number of aromatic nitrogens is 3. The first kappa shape index (κ1) is 13.8. The van der Waals surface area contributed by atoms with Crippen LogP contribution >= 0.6 is 0 Å². The van der Waals surface area contributed by atoms with Gasteiger partial charge in [-0.1, -0.05) is 6.08 Å². The quantitative estimate of drug-likeness (QED) is 0.809. The molecule has 0 spiro atoms. The van der Waals surface area contributed by atoms with Crippen molar-refractivity contribution in [3.8, 4) is 11.3 Å². The maximum atomic E-state index is 11.4. The molecule has 2 N–H and O–H groups in total. The van der Waals surface area contributed by atoms with Gasteiger partial charge >= 0.3 is 6.03 Å². The second kappa shape index (κ2) is 6.51. The Morgan fingerprint density at radius 3 is 3.00 bits per heavy atom. The van der Waals surface area contributed by atoms with E-state index in [1.54, 1.807) is 29.3 Å². The zero-order valence-electron chi connectivity index (χ0n) is 11.3. The van der Waals surface area contributed by atoms with Gasteiger partial charge in [0, 0.05) is 44.3 Å². The first-order chi connectivity index (χ1) is 9.70. The summed E-state index contributed by atoms with van der Waals surface area (Å²) in [4.78, 5) is 15.6. The Bertz CT molecular complexity index is 605. The average molecular weight is 271 g/mol. The van der Waals surface area contributed by atoms with Crippen molar-refractivity contribution in [1.29, 1.82) is 0 Å². The Labute approximate surface area is 117 Å². The van der Waals surface area contributed by atoms with E-state index in [1.165, 1.54) is 0 Å². The van der Waals surface area contributed by atoms with Crippen molar-refractivity contribution in [1.82, 2.24) is 25.4 Å². The summed E-state index contributed by atoms with van der Waals surface area (Å²) in [5.74, 6) is 0. The van der Waals surface area contributed by atoms with Crippen molar-refractivity contribution >= 4 is 6.03 Å². The molecule has 2 aromatic rings. The number of urea groups is 1. The molecule has 6 heteroatoms. The van der Waals surface area contributed by atoms with Gasteiger partial charge in [0.2, 0.25) is 0 Å². The molecular formula is C14H17N5O. The molecule has 2 heterocycles. The average Bonchev–Trinajstić information content (AvgIpc) is 2.89. The molecule has 0 saturated heterocycles. The first-order valence-corrected chi connectivity index (χ1v) is 6.25. The summed E-state index contributed by atoms with van der Waals surface area (Å²) < 4.78 is 1.78. The fourth-order valence-corrected chi connectivity index (χ4v) is 1.79. The molecule has 0 aromatic carbocycles. The van der Waals surface area contributed by atoms with Crippen LogP contribution in [0.5, 0.6) is 0 Å². The van der Waals surface area contributed by atoms with Crippen LogP contribution in [0.3, 0.4) is 0 Å². The molecule has 2 rings (SSSR count). The Hall–Kier alpha value is -2.63. The molecule has 0 radical (unpaired) electrons. The summed E-state index contributed by atoms with van der Waals surface area (Å²) in [5.41, 5.74) is 2.88. The van der Waals surface area contributed by atoms with Crippen molar-refractivity contribution in [2.45, 2.75) is 6.54 Å². The van der Waals surface area contributed by atoms with Crippen LogP contribution < -0.4 is 10.6 Å². The van der Waals surface area contributed by atoms with E-state index in [-0.39, 0.29) is 6.03 Å². The number of carbonyl (C=O) groups is 1. The highest BCUT2D eigenvalue weighted by Gasteiger charge is 2.05. The molecule has 0 aliphatic rings. The molecule has 2 amide bonds. The fraction of sp³-hybridized carbons (Fsp3) is 0.214. The van der Waals surface area contributed by atoms with Crippen molar-refractivity contribution < 1.29 is 4.79 Å². The largest absolute Gasteiger partial charge is 0.335 e. The minimum Gasteiger partial charge on any atom is -0.335 e. The van der Waals surface area contributed by atoms with Crippen molar-refractivity contribution in [3.63, 3.8) is 0 Å². The molecule has 2 aromatic heterocycles. The number of aryl methyl sites for hydroxylation is 1. The van der Waals surface area contributed by atoms with E-state index in [2.05, 4.69) is 27.3 Å². The van der Waals surface area contributed by atoms with Crippen molar-refractivity contribution in [2.75, 3.05) is 6.54 Å². The van der Waals surface area contributed by atoms with Crippen LogP contribution in [-0.4, -0.2) is 27.3 Å². The molecule has 0 aliphatic heterocycles. The van der Waals surface area contributed by atoms with E-state index in [0.717, 1.165) is 16.8 Å². The second-order valence-electron chi connectivity index (χ2n) is 4.27. The lowest BCUT2D eigenvalue weighted by molar-refractivity contribution is 0.241. The van der Waals surface area contributed by atoms with Gasteiger partial charge in [-0.3, -0.25) is 9.67 Å². The molecule has 0 bridgehead atoms. The van der Waals surface area contributed by atoms with Gasteiger partial charge in [0.15, 0.2) is 0 Å². The highest BCUT2D eigenvalue weighted by atomic mass is 16.2. The van der Waals surface area contributed by atoms with Crippen LogP contribution in [-0.2, 0) is 13.6 Å². The van der Waals surface area contributed by atoms with Crippen LogP contribution in [0.15, 0.2) is 43.4 Å². The van der Waals surface area contributed by atoms with E-state index >= 15 is 0 Å². The van der Waals surface area contributed by atoms with Gasteiger partial charge < -0.3 is 10.6 Å². The molecule has 0 atom stereocenters. The number of rotatable bonds is 5. The van der Waals surface area contributed by atoms with E-state index in [4.69, 9.17) is 0 Å². The molecule has 20 heavy (non-hydrogen) atoms. The molecule has 0 unspecified atom stereocenters. The molecular weight excluding hydrogens is 254 g/mol. The fourth-order valence-electron chi connectivity index (χ4n) is 1.79. The summed E-state index contributed by atoms with van der Waals surface area (Å²) in [5, 5.41) is 9.54. The minimum absolute atomic E-state index is 0.226. The van der Waals surface area contributed by atoms with Crippen LogP contribution in [0.2, 0.25) is 0 Å². The number of pyridine rings is 1. The van der Waals surface area contributed by atoms with Gasteiger partial charge in [0.1, 0.15) is 0 Å². The second-order valence-corrected chi connectivity index (χ2v) is 4.27. The van der Waals surface area contributed by atoms with Crippen LogP contribution in [0.1, 0.15) is 5.56 Å². The van der Waals surface area contributed by atoms with Gasteiger partial charge in [-0.2, -0.15) is 5.10 Å². The maximum absolute atomic E-state index is 11.4. The van der Waals surface area contributed by atoms with Crippen LogP contribution in [0.25, 0.3) is 11.3 Å². The zero-order valence-corrected chi connectivity index (χ0v) is 11.3. The lowest BCUT2D eigenvalue weighted by Gasteiger charge is -2.07. The number of amides is 2. The normalized spacial score (nSPS) is 10.1. The minimum atomic E-state index is -0.226. The van der Waals surface area contributed by atoms with Crippen LogP contribution in [0, 0.1) is 0 Å². The zero-order chi connectivity index (χ0) is 14.4. The summed E-state index contributed by atoms with van der Waals surface area (Å²) >= 11 is 0. The van der Waals surface area contributed by atoms with E-state index in [9.17, 15) is 4.79 Å². The smallest absolute Gasteiger partial charge is 0.315 e. The molecule has 104 valence electrons. The maximum Gasteiger partial charge on any atom is 0.315 e. The number of nitrogens with one attached hydrogen (secondary N) is 2. The Morgan fingerprint density at radius 2 is 2.30 bits per heavy atom. The van der Waals surface area contributed by atoms with Crippen molar-refractivity contribution in [2.24, 2.45) is 7.05 Å². The predicted octanol–water partition coefficient (Wildman–Crippen LogP) is 1.47. The lowest BCUT2D eigenvalue weighted by atomic mass is 10.1. The van der Waals surface area contributed by atoms with Gasteiger partial charge in [-0.25, -0.2) is 4.79 Å². The third kappa shape index (κ3) is 3.44. The highest BCUT2D eigenvalue weighted by molar-refractivity contribution is 5.74. The third-order valence-corrected chi connectivity index (χ3v) is 2.77. The van der Waals surface area contributed by atoms with E-state index < -0.39 is 0 Å².